The summed E-state index contributed by atoms with van der Waals surface area (Å²) in [5, 5.41) is 32.2. The minimum atomic E-state index is -3.77. The lowest BCUT2D eigenvalue weighted by molar-refractivity contribution is 0.106. The summed E-state index contributed by atoms with van der Waals surface area (Å²) in [6.07, 6.45) is 2.24. The molecule has 2 saturated heterocycles. The van der Waals surface area contributed by atoms with E-state index >= 15 is 8.78 Å². The monoisotopic (exact) mass is 1130 g/mol. The second-order valence-corrected chi connectivity index (χ2v) is 24.6. The van der Waals surface area contributed by atoms with E-state index in [2.05, 4.69) is 30.9 Å². The molecular formula is C56H58F2N10O10S2. The van der Waals surface area contributed by atoms with E-state index in [4.69, 9.17) is 40.0 Å². The van der Waals surface area contributed by atoms with Gasteiger partial charge in [0.25, 0.3) is 0 Å². The quantitative estimate of drug-likeness (QED) is 0.0412. The number of rotatable bonds is 21. The number of aliphatic hydroxyl groups is 2. The average molecular weight is 1130 g/mol. The summed E-state index contributed by atoms with van der Waals surface area (Å²) in [5.74, 6) is -0.821. The zero-order valence-electron chi connectivity index (χ0n) is 43.6. The van der Waals surface area contributed by atoms with Crippen LogP contribution in [0.3, 0.4) is 0 Å². The number of anilines is 2. The molecule has 0 spiro atoms. The van der Waals surface area contributed by atoms with Gasteiger partial charge < -0.3 is 50.8 Å². The summed E-state index contributed by atoms with van der Waals surface area (Å²) in [6.45, 7) is 4.80. The summed E-state index contributed by atoms with van der Waals surface area (Å²) in [5.41, 5.74) is 17.3. The number of nitrogens with one attached hydrogen (secondary N) is 2. The number of aromatic nitrogens is 6. The number of ether oxygens (including phenoxy) is 2. The lowest BCUT2D eigenvalue weighted by atomic mass is 10.0. The van der Waals surface area contributed by atoms with E-state index in [1.807, 2.05) is 6.07 Å². The van der Waals surface area contributed by atoms with E-state index in [1.54, 1.807) is 49.4 Å². The van der Waals surface area contributed by atoms with E-state index in [0.717, 1.165) is 12.0 Å². The van der Waals surface area contributed by atoms with Crippen molar-refractivity contribution in [3.05, 3.63) is 132 Å². The number of halogens is 2. The maximum Gasteiger partial charge on any atom is 0.189 e. The Labute approximate surface area is 459 Å². The number of aliphatic hydroxyl groups excluding tert-OH is 2. The lowest BCUT2D eigenvalue weighted by Crippen LogP contribution is -2.28. The first-order chi connectivity index (χ1) is 38.5. The maximum absolute atomic E-state index is 15.9. The van der Waals surface area contributed by atoms with Crippen LogP contribution in [0.4, 0.5) is 20.4 Å². The molecule has 2 aliphatic rings. The van der Waals surface area contributed by atoms with Crippen LogP contribution in [0.5, 0.6) is 0 Å². The third-order valence-electron chi connectivity index (χ3n) is 14.3. The van der Waals surface area contributed by atoms with Gasteiger partial charge in [-0.25, -0.2) is 45.6 Å². The van der Waals surface area contributed by atoms with Gasteiger partial charge in [0, 0.05) is 79.4 Å². The Hall–Kier alpha value is -7.42. The molecule has 4 aromatic heterocycles. The van der Waals surface area contributed by atoms with E-state index in [0.29, 0.717) is 60.0 Å². The summed E-state index contributed by atoms with van der Waals surface area (Å²) < 4.78 is 107. The minimum Gasteiger partial charge on any atom is -0.396 e. The Morgan fingerprint density at radius 3 is 1.70 bits per heavy atom. The minimum absolute atomic E-state index is 0.0235. The molecular weight excluding hydrogens is 1070 g/mol. The van der Waals surface area contributed by atoms with E-state index in [-0.39, 0.29) is 118 Å². The van der Waals surface area contributed by atoms with Crippen LogP contribution in [0.25, 0.3) is 67.9 Å². The van der Waals surface area contributed by atoms with Crippen LogP contribution < -0.4 is 22.1 Å². The molecule has 2 aliphatic heterocycles. The molecule has 3 unspecified atom stereocenters. The molecule has 0 radical (unpaired) electrons. The van der Waals surface area contributed by atoms with Crippen molar-refractivity contribution in [2.45, 2.75) is 91.1 Å². The molecule has 8 aromatic rings. The van der Waals surface area contributed by atoms with E-state index in [1.165, 1.54) is 61.7 Å². The zero-order valence-corrected chi connectivity index (χ0v) is 45.2. The van der Waals surface area contributed by atoms with Crippen molar-refractivity contribution in [1.82, 2.24) is 40.9 Å². The molecule has 20 nitrogen and oxygen atoms in total. The second-order valence-electron chi connectivity index (χ2n) is 19.8. The zero-order chi connectivity index (χ0) is 56.3. The van der Waals surface area contributed by atoms with Gasteiger partial charge in [-0.1, -0.05) is 46.7 Å². The molecule has 8 N–H and O–H groups in total. The Bertz CT molecular complexity index is 3750. The Balaban J connectivity index is 0.840. The molecule has 0 amide bonds. The number of sulfone groups is 2. The predicted octanol–water partition coefficient (Wildman–Crippen LogP) is 7.27. The summed E-state index contributed by atoms with van der Waals surface area (Å²) in [6, 6.07) is 24.9. The largest absolute Gasteiger partial charge is 0.396 e. The fourth-order valence-electron chi connectivity index (χ4n) is 9.52. The highest BCUT2D eigenvalue weighted by atomic mass is 32.2. The van der Waals surface area contributed by atoms with Gasteiger partial charge in [-0.2, -0.15) is 0 Å². The van der Waals surface area contributed by atoms with Crippen LogP contribution in [-0.4, -0.2) is 113 Å². The van der Waals surface area contributed by atoms with Crippen LogP contribution in [0.2, 0.25) is 0 Å². The third kappa shape index (κ3) is 11.9. The lowest BCUT2D eigenvalue weighted by Gasteiger charge is -2.17. The van der Waals surface area contributed by atoms with Crippen LogP contribution >= 0.6 is 0 Å². The average Bonchev–Trinajstić information content (AvgIpc) is 4.32. The van der Waals surface area contributed by atoms with Crippen LogP contribution in [0.15, 0.2) is 122 Å². The van der Waals surface area contributed by atoms with Crippen molar-refractivity contribution in [3.63, 3.8) is 0 Å². The van der Waals surface area contributed by atoms with Gasteiger partial charge >= 0.3 is 0 Å². The first-order valence-electron chi connectivity index (χ1n) is 25.9. The normalized spacial score (nSPS) is 17.5. The molecule has 0 aliphatic carbocycles. The standard InChI is InChI=1S/C56H58F2N10O10S2/c1-31(15-18-69)79(71,72)39-9-5-35(6-10-39)47-28-63-55(59)53(64-47)49-24-45(67-77-49)41-14-4-34(22-44(41)58)27-62-38-23-48(76-30-38)52-51(36-7-11-40(12-8-36)80(73,74)32(2)16-19-70)65-54(56(60)66-52)50-25-46(68-78-50)42-13-3-33(21-43(42)57)26-61-37-17-20-75-29-37/h3-14,21-22,24-25,28,31-32,37-38,48,61-62,69-70H,15-20,23,26-27,29-30H2,1-2H3,(H2,59,63)(H2,60,66)/t31?,32?,37-,38+,48?/m0/s1. The first kappa shape index (κ1) is 55.9. The molecule has 418 valence electrons. The number of nitrogens with zero attached hydrogens (tertiary/aromatic N) is 6. The van der Waals surface area contributed by atoms with Gasteiger partial charge in [-0.3, -0.25) is 0 Å². The maximum atomic E-state index is 15.9. The molecule has 0 saturated carbocycles. The number of nitrogen functional groups attached to an aromatic ring is 2. The SMILES string of the molecule is CC(CCO)S(=O)(=O)c1ccc(-c2cnc(N)c(-c3cc(-c4ccc(CN[C@H]5COC(c6nc(N)c(-c7cc(-c8ccc(CN[C@H]9CCOC9)cc8F)no7)nc6-c6ccc(S(=O)(=O)C(C)CCO)cc6)C5)cc4F)no3)n2)cc1. The predicted molar refractivity (Wildman–Crippen MR) is 292 cm³/mol. The molecule has 5 atom stereocenters. The number of hydrogen-bond donors (Lipinski definition) is 6. The van der Waals surface area contributed by atoms with Gasteiger partial charge in [-0.05, 0) is 99.2 Å². The fraction of sp³-hybridized carbons (Fsp3) is 0.321. The summed E-state index contributed by atoms with van der Waals surface area (Å²) in [4.78, 5) is 18.8. The van der Waals surface area contributed by atoms with Crippen molar-refractivity contribution in [1.29, 1.82) is 0 Å². The first-order valence-corrected chi connectivity index (χ1v) is 29.0. The van der Waals surface area contributed by atoms with Gasteiger partial charge in [0.2, 0.25) is 0 Å². The van der Waals surface area contributed by atoms with Crippen LogP contribution in [0, 0.1) is 11.6 Å². The van der Waals surface area contributed by atoms with E-state index < -0.39 is 47.9 Å². The highest BCUT2D eigenvalue weighted by Gasteiger charge is 2.33. The molecule has 80 heavy (non-hydrogen) atoms. The Kier molecular flexibility index (Phi) is 16.6. The molecule has 0 bridgehead atoms. The molecule has 6 heterocycles. The van der Waals surface area contributed by atoms with E-state index in [9.17, 15) is 27.0 Å². The van der Waals surface area contributed by atoms with Crippen LogP contribution in [0.1, 0.15) is 62.5 Å². The van der Waals surface area contributed by atoms with Crippen LogP contribution in [-0.2, 0) is 42.2 Å². The number of nitrogens with two attached hydrogens (primary N) is 2. The molecule has 24 heteroatoms. The fourth-order valence-corrected chi connectivity index (χ4v) is 12.3. The number of benzene rings is 4. The smallest absolute Gasteiger partial charge is 0.189 e. The van der Waals surface area contributed by atoms with Gasteiger partial charge in [-0.15, -0.1) is 0 Å². The highest BCUT2D eigenvalue weighted by molar-refractivity contribution is 7.92. The topological polar surface area (TPSA) is 307 Å². The molecule has 10 rings (SSSR count). The van der Waals surface area contributed by atoms with Crippen molar-refractivity contribution >= 4 is 31.3 Å². The van der Waals surface area contributed by atoms with Crippen molar-refractivity contribution in [2.24, 2.45) is 0 Å². The highest BCUT2D eigenvalue weighted by Crippen LogP contribution is 2.39. The van der Waals surface area contributed by atoms with Gasteiger partial charge in [0.1, 0.15) is 29.1 Å². The van der Waals surface area contributed by atoms with Crippen molar-refractivity contribution < 1.29 is 54.3 Å². The molecule has 2 fully saturated rings. The second kappa shape index (κ2) is 23.7. The van der Waals surface area contributed by atoms with Gasteiger partial charge in [0.15, 0.2) is 54.2 Å². The Morgan fingerprint density at radius 2 is 1.18 bits per heavy atom. The van der Waals surface area contributed by atoms with Crippen molar-refractivity contribution in [2.75, 3.05) is 44.5 Å². The summed E-state index contributed by atoms with van der Waals surface area (Å²) in [7, 11) is -7.43. The summed E-state index contributed by atoms with van der Waals surface area (Å²) >= 11 is 0. The molecule has 4 aromatic carbocycles. The number of hydrogen-bond acceptors (Lipinski definition) is 20. The van der Waals surface area contributed by atoms with Gasteiger partial charge in [0.05, 0.1) is 56.8 Å². The van der Waals surface area contributed by atoms with Crippen molar-refractivity contribution in [3.8, 4) is 67.9 Å². The third-order valence-corrected chi connectivity index (χ3v) is 18.8. The Morgan fingerprint density at radius 1 is 0.637 bits per heavy atom.